The molecule has 3 heterocycles. The Morgan fingerprint density at radius 3 is 2.63 bits per heavy atom. The van der Waals surface area contributed by atoms with E-state index in [9.17, 15) is 14.4 Å². The average Bonchev–Trinajstić information content (AvgIpc) is 3.43. The van der Waals surface area contributed by atoms with Gasteiger partial charge >= 0.3 is 0 Å². The van der Waals surface area contributed by atoms with Crippen LogP contribution in [0.15, 0.2) is 48.7 Å². The second-order valence-electron chi connectivity index (χ2n) is 8.94. The zero-order valence-electron chi connectivity index (χ0n) is 18.8. The van der Waals surface area contributed by atoms with Crippen molar-refractivity contribution in [2.45, 2.75) is 51.0 Å². The van der Waals surface area contributed by atoms with Gasteiger partial charge in [-0.15, -0.1) is 5.10 Å². The molecular formula is C25H23N5O5. The van der Waals surface area contributed by atoms with Gasteiger partial charge in [-0.05, 0) is 55.7 Å². The molecule has 0 bridgehead atoms. The Balaban J connectivity index is 1.13. The number of nitrogens with one attached hydrogen (secondary N) is 1. The monoisotopic (exact) mass is 473 g/mol. The van der Waals surface area contributed by atoms with Gasteiger partial charge in [-0.25, -0.2) is 4.68 Å². The Labute approximate surface area is 200 Å². The summed E-state index contributed by atoms with van der Waals surface area (Å²) in [5.74, 6) is 0.421. The summed E-state index contributed by atoms with van der Waals surface area (Å²) in [4.78, 5) is 38.2. The van der Waals surface area contributed by atoms with Crippen LogP contribution in [0.2, 0.25) is 0 Å². The van der Waals surface area contributed by atoms with Crippen molar-refractivity contribution in [2.24, 2.45) is 0 Å². The van der Waals surface area contributed by atoms with Crippen LogP contribution >= 0.6 is 0 Å². The number of amides is 3. The minimum Gasteiger partial charge on any atom is -0.490 e. The number of nitrogens with zero attached hydrogens (tertiary/aromatic N) is 4. The molecule has 1 aliphatic carbocycles. The molecule has 178 valence electrons. The quantitative estimate of drug-likeness (QED) is 0.523. The third-order valence-electron chi connectivity index (χ3n) is 6.38. The molecule has 10 heteroatoms. The van der Waals surface area contributed by atoms with Crippen molar-refractivity contribution in [3.8, 4) is 17.2 Å². The molecule has 1 aromatic heterocycles. The van der Waals surface area contributed by atoms with Crippen LogP contribution in [-0.2, 0) is 22.7 Å². The Kier molecular flexibility index (Phi) is 5.20. The van der Waals surface area contributed by atoms with E-state index < -0.39 is 11.9 Å². The van der Waals surface area contributed by atoms with E-state index in [4.69, 9.17) is 9.47 Å². The van der Waals surface area contributed by atoms with Crippen molar-refractivity contribution < 1.29 is 23.9 Å². The number of piperidine rings is 1. The maximum absolute atomic E-state index is 13.0. The van der Waals surface area contributed by atoms with Crippen LogP contribution in [0.1, 0.15) is 47.3 Å². The number of rotatable bonds is 7. The summed E-state index contributed by atoms with van der Waals surface area (Å²) in [5.41, 5.74) is 2.72. The summed E-state index contributed by atoms with van der Waals surface area (Å²) in [6, 6.07) is 12.3. The lowest BCUT2D eigenvalue weighted by Crippen LogP contribution is -2.52. The highest BCUT2D eigenvalue weighted by Crippen LogP contribution is 2.34. The summed E-state index contributed by atoms with van der Waals surface area (Å²) in [7, 11) is 0. The van der Waals surface area contributed by atoms with E-state index >= 15 is 0 Å². The highest BCUT2D eigenvalue weighted by molar-refractivity contribution is 6.05. The fourth-order valence-electron chi connectivity index (χ4n) is 4.39. The summed E-state index contributed by atoms with van der Waals surface area (Å²) in [6.45, 7) is 0.421. The number of imide groups is 1. The van der Waals surface area contributed by atoms with Crippen LogP contribution in [0.5, 0.6) is 11.5 Å². The lowest BCUT2D eigenvalue weighted by molar-refractivity contribution is -0.136. The van der Waals surface area contributed by atoms with Gasteiger partial charge in [0.05, 0.1) is 24.5 Å². The first-order valence-electron chi connectivity index (χ1n) is 11.6. The van der Waals surface area contributed by atoms with Crippen molar-refractivity contribution in [1.29, 1.82) is 0 Å². The fourth-order valence-corrected chi connectivity index (χ4v) is 4.39. The van der Waals surface area contributed by atoms with E-state index in [1.807, 2.05) is 24.3 Å². The minimum absolute atomic E-state index is 0.173. The molecule has 1 saturated carbocycles. The summed E-state index contributed by atoms with van der Waals surface area (Å²) in [6.07, 6.45) is 4.90. The van der Waals surface area contributed by atoms with E-state index in [-0.39, 0.29) is 31.4 Å². The molecule has 1 atom stereocenters. The number of carbonyl (C=O) groups excluding carboxylic acids is 3. The molecule has 3 aromatic rings. The van der Waals surface area contributed by atoms with Gasteiger partial charge in [-0.3, -0.25) is 19.7 Å². The van der Waals surface area contributed by atoms with Crippen molar-refractivity contribution in [1.82, 2.24) is 25.2 Å². The molecular weight excluding hydrogens is 450 g/mol. The summed E-state index contributed by atoms with van der Waals surface area (Å²) < 4.78 is 13.5. The van der Waals surface area contributed by atoms with E-state index in [0.29, 0.717) is 29.5 Å². The van der Waals surface area contributed by atoms with Crippen LogP contribution in [0.25, 0.3) is 5.69 Å². The number of benzene rings is 2. The van der Waals surface area contributed by atoms with E-state index in [1.165, 1.54) is 4.90 Å². The fraction of sp³-hybridized carbons (Fsp3) is 0.320. The molecule has 6 rings (SSSR count). The van der Waals surface area contributed by atoms with Crippen LogP contribution in [-0.4, -0.2) is 49.8 Å². The molecule has 1 saturated heterocycles. The van der Waals surface area contributed by atoms with Gasteiger partial charge in [0.1, 0.15) is 29.8 Å². The van der Waals surface area contributed by atoms with Gasteiger partial charge in [0.15, 0.2) is 0 Å². The van der Waals surface area contributed by atoms with E-state index in [2.05, 4.69) is 15.6 Å². The molecule has 1 unspecified atom stereocenters. The number of fused-ring (bicyclic) bond motifs is 1. The molecule has 35 heavy (non-hydrogen) atoms. The molecule has 2 aromatic carbocycles. The van der Waals surface area contributed by atoms with Crippen LogP contribution in [0.3, 0.4) is 0 Å². The molecule has 3 amide bonds. The largest absolute Gasteiger partial charge is 0.490 e. The lowest BCUT2D eigenvalue weighted by atomic mass is 10.0. The number of carbonyl (C=O) groups is 3. The zero-order valence-corrected chi connectivity index (χ0v) is 18.8. The predicted molar refractivity (Wildman–Crippen MR) is 122 cm³/mol. The van der Waals surface area contributed by atoms with Crippen LogP contribution in [0, 0.1) is 0 Å². The van der Waals surface area contributed by atoms with E-state index in [1.54, 1.807) is 29.1 Å². The Bertz CT molecular complexity index is 1310. The van der Waals surface area contributed by atoms with Gasteiger partial charge in [0, 0.05) is 17.5 Å². The number of ether oxygens (including phenoxy) is 2. The molecule has 2 aliphatic heterocycles. The smallest absolute Gasteiger partial charge is 0.255 e. The third-order valence-corrected chi connectivity index (χ3v) is 6.38. The number of hydrogen-bond acceptors (Lipinski definition) is 7. The average molecular weight is 473 g/mol. The molecule has 0 spiro atoms. The molecule has 2 fully saturated rings. The zero-order chi connectivity index (χ0) is 23.9. The standard InChI is InChI=1S/C25H23N5O5/c31-23-11-10-21(24(32)26-23)29-13-20-19(25(29)33)2-1-3-22(20)34-14-15-12-30(28-27-15)16-4-6-17(7-5-16)35-18-8-9-18/h1-7,12,18,21H,8-11,13-14H2,(H,26,31,32). The van der Waals surface area contributed by atoms with Crippen LogP contribution in [0.4, 0.5) is 0 Å². The van der Waals surface area contributed by atoms with Crippen LogP contribution < -0.4 is 14.8 Å². The van der Waals surface area contributed by atoms with Gasteiger partial charge in [0.25, 0.3) is 5.91 Å². The van der Waals surface area contributed by atoms with E-state index in [0.717, 1.165) is 29.8 Å². The SMILES string of the molecule is O=C1CCC(N2Cc3c(OCc4cn(-c5ccc(OC6CC6)cc5)nn4)cccc3C2=O)C(=O)N1. The topological polar surface area (TPSA) is 116 Å². The van der Waals surface area contributed by atoms with Gasteiger partial charge < -0.3 is 14.4 Å². The summed E-state index contributed by atoms with van der Waals surface area (Å²) >= 11 is 0. The molecule has 3 aliphatic rings. The van der Waals surface area contributed by atoms with Crippen molar-refractivity contribution >= 4 is 17.7 Å². The normalized spacial score (nSPS) is 19.5. The second kappa shape index (κ2) is 8.53. The molecule has 10 nitrogen and oxygen atoms in total. The number of aromatic nitrogens is 3. The first-order valence-corrected chi connectivity index (χ1v) is 11.6. The minimum atomic E-state index is -0.665. The van der Waals surface area contributed by atoms with Crippen molar-refractivity contribution in [3.05, 3.63) is 65.5 Å². The van der Waals surface area contributed by atoms with Crippen molar-refractivity contribution in [2.75, 3.05) is 0 Å². The number of hydrogen-bond donors (Lipinski definition) is 1. The highest BCUT2D eigenvalue weighted by Gasteiger charge is 2.40. The maximum atomic E-state index is 13.0. The highest BCUT2D eigenvalue weighted by atomic mass is 16.5. The Morgan fingerprint density at radius 1 is 1.03 bits per heavy atom. The predicted octanol–water partition coefficient (Wildman–Crippen LogP) is 2.15. The van der Waals surface area contributed by atoms with Gasteiger partial charge in [-0.1, -0.05) is 11.3 Å². The van der Waals surface area contributed by atoms with Crippen molar-refractivity contribution in [3.63, 3.8) is 0 Å². The third kappa shape index (κ3) is 4.23. The second-order valence-corrected chi connectivity index (χ2v) is 8.94. The Morgan fingerprint density at radius 2 is 1.86 bits per heavy atom. The lowest BCUT2D eigenvalue weighted by Gasteiger charge is -2.29. The first kappa shape index (κ1) is 21.3. The first-order chi connectivity index (χ1) is 17.0. The maximum Gasteiger partial charge on any atom is 0.255 e. The Hall–Kier alpha value is -4.21. The molecule has 1 N–H and O–H groups in total. The summed E-state index contributed by atoms with van der Waals surface area (Å²) in [5, 5.41) is 10.7. The van der Waals surface area contributed by atoms with Gasteiger partial charge in [0.2, 0.25) is 11.8 Å². The molecule has 0 radical (unpaired) electrons. The van der Waals surface area contributed by atoms with Gasteiger partial charge in [-0.2, -0.15) is 0 Å².